The van der Waals surface area contributed by atoms with Gasteiger partial charge in [-0.2, -0.15) is 0 Å². The van der Waals surface area contributed by atoms with Crippen LogP contribution >= 0.6 is 24.0 Å². The molecule has 0 radical (unpaired) electrons. The Balaban J connectivity index is 1.26. The highest BCUT2D eigenvalue weighted by atomic mass is 32.2. The second kappa shape index (κ2) is 15.0. The molecule has 3 heterocycles. The minimum atomic E-state index is -0.975. The summed E-state index contributed by atoms with van der Waals surface area (Å²) in [6, 6.07) is 18.6. The first-order chi connectivity index (χ1) is 22.9. The number of fused-ring (bicyclic) bond motifs is 1. The van der Waals surface area contributed by atoms with Crippen molar-refractivity contribution in [1.29, 1.82) is 0 Å². The van der Waals surface area contributed by atoms with Crippen LogP contribution in [0.3, 0.4) is 0 Å². The zero-order valence-corrected chi connectivity index (χ0v) is 27.4. The number of hydrogen-bond acceptors (Lipinski definition) is 10. The SMILES string of the molecule is O=C(O)c1ccc(CCN2C(=O)/C(=C/c3cc(-c4ccc5ncnc(NCCO)c5c4)ccc3OCCN3CCCC3)SC2=S)cc1. The van der Waals surface area contributed by atoms with E-state index in [2.05, 4.69) is 20.2 Å². The fraction of sp³-hybridized carbons (Fsp3) is 0.286. The maximum Gasteiger partial charge on any atom is 0.335 e. The van der Waals surface area contributed by atoms with Crippen molar-refractivity contribution in [2.75, 3.05) is 51.3 Å². The minimum absolute atomic E-state index is 0.0140. The van der Waals surface area contributed by atoms with E-state index in [-0.39, 0.29) is 18.1 Å². The summed E-state index contributed by atoms with van der Waals surface area (Å²) < 4.78 is 6.79. The average Bonchev–Trinajstić information content (AvgIpc) is 3.70. The number of carboxylic acids is 1. The molecule has 242 valence electrons. The van der Waals surface area contributed by atoms with Crippen molar-refractivity contribution in [3.8, 4) is 16.9 Å². The van der Waals surface area contributed by atoms with Crippen LogP contribution in [0.25, 0.3) is 28.1 Å². The number of ether oxygens (including phenoxy) is 1. The van der Waals surface area contributed by atoms with Crippen LogP contribution in [0, 0.1) is 0 Å². The van der Waals surface area contributed by atoms with Gasteiger partial charge in [-0.05, 0) is 91.5 Å². The van der Waals surface area contributed by atoms with E-state index < -0.39 is 5.97 Å². The van der Waals surface area contributed by atoms with Gasteiger partial charge < -0.3 is 20.3 Å². The van der Waals surface area contributed by atoms with Crippen molar-refractivity contribution in [3.63, 3.8) is 0 Å². The molecule has 2 fully saturated rings. The summed E-state index contributed by atoms with van der Waals surface area (Å²) in [5, 5.41) is 22.5. The van der Waals surface area contributed by atoms with E-state index in [0.29, 0.717) is 46.9 Å². The highest BCUT2D eigenvalue weighted by Gasteiger charge is 2.32. The number of rotatable bonds is 13. The molecule has 4 aromatic rings. The standard InChI is InChI=1S/C35H35N5O5S2/c41-17-12-36-32-28-20-26(7-9-29(28)37-22-38-32)25-8-10-30(45-18-16-39-13-1-2-14-39)27(19-25)21-31-33(42)40(35(46)47-31)15-11-23-3-5-24(6-4-23)34(43)44/h3-10,19-22,41H,1-2,11-18H2,(H,43,44)(H,36,37,38)/b31-21-. The smallest absolute Gasteiger partial charge is 0.335 e. The number of anilines is 1. The average molecular weight is 670 g/mol. The van der Waals surface area contributed by atoms with Crippen LogP contribution in [-0.2, 0) is 11.2 Å². The minimum Gasteiger partial charge on any atom is -0.492 e. The molecular weight excluding hydrogens is 635 g/mol. The largest absolute Gasteiger partial charge is 0.492 e. The van der Waals surface area contributed by atoms with Crippen molar-refractivity contribution in [3.05, 3.63) is 88.6 Å². The zero-order chi connectivity index (χ0) is 32.8. The summed E-state index contributed by atoms with van der Waals surface area (Å²) >= 11 is 6.88. The molecule has 0 atom stereocenters. The molecule has 3 N–H and O–H groups in total. The van der Waals surface area contributed by atoms with E-state index in [0.717, 1.165) is 52.8 Å². The third-order valence-corrected chi connectivity index (χ3v) is 9.61. The van der Waals surface area contributed by atoms with Gasteiger partial charge in [0.2, 0.25) is 0 Å². The number of amides is 1. The Morgan fingerprint density at radius 3 is 2.55 bits per heavy atom. The zero-order valence-electron chi connectivity index (χ0n) is 25.7. The van der Waals surface area contributed by atoms with E-state index >= 15 is 0 Å². The van der Waals surface area contributed by atoms with Gasteiger partial charge in [0.1, 0.15) is 28.8 Å². The van der Waals surface area contributed by atoms with Gasteiger partial charge >= 0.3 is 5.97 Å². The normalized spacial score (nSPS) is 16.0. The number of nitrogens with zero attached hydrogens (tertiary/aromatic N) is 4. The maximum atomic E-state index is 13.6. The van der Waals surface area contributed by atoms with Crippen LogP contribution in [0.4, 0.5) is 5.82 Å². The number of likely N-dealkylation sites (tertiary alicyclic amines) is 1. The summed E-state index contributed by atoms with van der Waals surface area (Å²) in [4.78, 5) is 38.0. The number of hydrogen-bond donors (Lipinski definition) is 3. The highest BCUT2D eigenvalue weighted by molar-refractivity contribution is 8.26. The molecule has 2 aliphatic heterocycles. The number of nitrogens with one attached hydrogen (secondary N) is 1. The number of thioether (sulfide) groups is 1. The Hall–Kier alpha value is -4.36. The fourth-order valence-corrected chi connectivity index (χ4v) is 7.00. The van der Waals surface area contributed by atoms with Crippen LogP contribution < -0.4 is 10.1 Å². The molecule has 12 heteroatoms. The summed E-state index contributed by atoms with van der Waals surface area (Å²) in [5.74, 6) is 0.190. The lowest BCUT2D eigenvalue weighted by Gasteiger charge is -2.17. The summed E-state index contributed by atoms with van der Waals surface area (Å²) in [6.07, 6.45) is 6.32. The maximum absolute atomic E-state index is 13.6. The van der Waals surface area contributed by atoms with Crippen molar-refractivity contribution < 1.29 is 24.5 Å². The van der Waals surface area contributed by atoms with Crippen molar-refractivity contribution in [2.24, 2.45) is 0 Å². The number of carbonyl (C=O) groups is 2. The number of carbonyl (C=O) groups excluding carboxylic acids is 1. The van der Waals surface area contributed by atoms with Gasteiger partial charge in [-0.15, -0.1) is 0 Å². The molecule has 0 unspecified atom stereocenters. The van der Waals surface area contributed by atoms with Crippen LogP contribution in [0.2, 0.25) is 0 Å². The molecule has 1 aromatic heterocycles. The van der Waals surface area contributed by atoms with Gasteiger partial charge in [-0.25, -0.2) is 14.8 Å². The Bertz CT molecular complexity index is 1830. The topological polar surface area (TPSA) is 128 Å². The Morgan fingerprint density at radius 1 is 1.02 bits per heavy atom. The number of aromatic carboxylic acids is 1. The van der Waals surface area contributed by atoms with E-state index in [9.17, 15) is 19.8 Å². The molecule has 3 aromatic carbocycles. The first-order valence-corrected chi connectivity index (χ1v) is 16.8. The van der Waals surface area contributed by atoms with Gasteiger partial charge in [0.25, 0.3) is 5.91 Å². The summed E-state index contributed by atoms with van der Waals surface area (Å²) in [5.41, 5.74) is 4.58. The molecule has 47 heavy (non-hydrogen) atoms. The van der Waals surface area contributed by atoms with E-state index in [4.69, 9.17) is 17.0 Å². The van der Waals surface area contributed by atoms with Gasteiger partial charge in [-0.3, -0.25) is 14.6 Å². The Morgan fingerprint density at radius 2 is 1.79 bits per heavy atom. The molecule has 1 amide bonds. The van der Waals surface area contributed by atoms with Crippen LogP contribution in [0.15, 0.2) is 71.9 Å². The lowest BCUT2D eigenvalue weighted by Crippen LogP contribution is -2.30. The lowest BCUT2D eigenvalue weighted by atomic mass is 10.0. The quantitative estimate of drug-likeness (QED) is 0.126. The van der Waals surface area contributed by atoms with Crippen molar-refractivity contribution in [2.45, 2.75) is 19.3 Å². The lowest BCUT2D eigenvalue weighted by molar-refractivity contribution is -0.122. The Kier molecular flexibility index (Phi) is 10.4. The molecule has 0 saturated carbocycles. The van der Waals surface area contributed by atoms with Gasteiger partial charge in [0, 0.05) is 30.6 Å². The summed E-state index contributed by atoms with van der Waals surface area (Å²) in [7, 11) is 0. The molecule has 0 spiro atoms. The summed E-state index contributed by atoms with van der Waals surface area (Å²) in [6.45, 7) is 4.29. The molecule has 2 aliphatic rings. The van der Waals surface area contributed by atoms with Crippen molar-refractivity contribution in [1.82, 2.24) is 19.8 Å². The second-order valence-corrected chi connectivity index (χ2v) is 13.0. The number of aliphatic hydroxyl groups excluding tert-OH is 1. The predicted molar refractivity (Wildman–Crippen MR) is 189 cm³/mol. The first kappa shape index (κ1) is 32.6. The predicted octanol–water partition coefficient (Wildman–Crippen LogP) is 5.32. The van der Waals surface area contributed by atoms with Crippen molar-refractivity contribution >= 4 is 63.0 Å². The highest BCUT2D eigenvalue weighted by Crippen LogP contribution is 2.36. The van der Waals surface area contributed by atoms with Crippen LogP contribution in [-0.4, -0.2) is 92.1 Å². The molecule has 2 saturated heterocycles. The molecular formula is C35H35N5O5S2. The van der Waals surface area contributed by atoms with Gasteiger partial charge in [0.15, 0.2) is 0 Å². The molecule has 10 nitrogen and oxygen atoms in total. The molecule has 0 bridgehead atoms. The number of aliphatic hydroxyl groups is 1. The van der Waals surface area contributed by atoms with Gasteiger partial charge in [-0.1, -0.05) is 48.2 Å². The van der Waals surface area contributed by atoms with Crippen LogP contribution in [0.5, 0.6) is 5.75 Å². The first-order valence-electron chi connectivity index (χ1n) is 15.6. The second-order valence-electron chi connectivity index (χ2n) is 11.3. The molecule has 0 aliphatic carbocycles. The number of carboxylic acid groups (broad SMARTS) is 1. The van der Waals surface area contributed by atoms with Crippen LogP contribution in [0.1, 0.15) is 34.3 Å². The van der Waals surface area contributed by atoms with E-state index in [1.807, 2.05) is 42.5 Å². The van der Waals surface area contributed by atoms with Gasteiger partial charge in [0.05, 0.1) is 22.6 Å². The fourth-order valence-electron chi connectivity index (χ4n) is 5.70. The van der Waals surface area contributed by atoms with E-state index in [1.165, 1.54) is 30.9 Å². The van der Waals surface area contributed by atoms with E-state index in [1.54, 1.807) is 29.2 Å². The third kappa shape index (κ3) is 7.79. The number of thiocarbonyl (C=S) groups is 1. The number of benzene rings is 3. The molecule has 6 rings (SSSR count). The monoisotopic (exact) mass is 669 g/mol. The third-order valence-electron chi connectivity index (χ3n) is 8.23. The Labute approximate surface area is 282 Å². The number of aromatic nitrogens is 2.